The Bertz CT molecular complexity index is 833. The Labute approximate surface area is 126 Å². The van der Waals surface area contributed by atoms with Crippen molar-refractivity contribution < 1.29 is 9.53 Å². The molecule has 2 N–H and O–H groups in total. The van der Waals surface area contributed by atoms with E-state index >= 15 is 0 Å². The van der Waals surface area contributed by atoms with Crippen LogP contribution in [-0.4, -0.2) is 10.9 Å². The van der Waals surface area contributed by atoms with Gasteiger partial charge in [-0.2, -0.15) is 0 Å². The van der Waals surface area contributed by atoms with E-state index in [2.05, 4.69) is 4.98 Å². The molecule has 2 aromatic carbocycles. The average molecular weight is 299 g/mol. The summed E-state index contributed by atoms with van der Waals surface area (Å²) in [6.45, 7) is 0. The second kappa shape index (κ2) is 5.42. The Morgan fingerprint density at radius 1 is 1.14 bits per heavy atom. The molecule has 0 saturated heterocycles. The lowest BCUT2D eigenvalue weighted by molar-refractivity contribution is 0.0998. The largest absolute Gasteiger partial charge is 0.455 e. The molecule has 5 heteroatoms. The number of pyridine rings is 1. The van der Waals surface area contributed by atoms with Crippen molar-refractivity contribution in [1.82, 2.24) is 4.98 Å². The number of nitrogens with zero attached hydrogens (tertiary/aromatic N) is 1. The van der Waals surface area contributed by atoms with Gasteiger partial charge < -0.3 is 10.5 Å². The highest BCUT2D eigenvalue weighted by atomic mass is 35.5. The molecule has 0 radical (unpaired) electrons. The normalized spacial score (nSPS) is 10.5. The molecule has 0 saturated carbocycles. The highest BCUT2D eigenvalue weighted by Gasteiger charge is 2.14. The maximum Gasteiger partial charge on any atom is 0.254 e. The molecule has 0 fully saturated rings. The van der Waals surface area contributed by atoms with Crippen LogP contribution in [0.5, 0.6) is 11.5 Å². The third kappa shape index (κ3) is 2.66. The Morgan fingerprint density at radius 3 is 2.76 bits per heavy atom. The van der Waals surface area contributed by atoms with Crippen molar-refractivity contribution in [3.05, 3.63) is 65.3 Å². The first-order chi connectivity index (χ1) is 10.1. The van der Waals surface area contributed by atoms with E-state index in [9.17, 15) is 4.79 Å². The van der Waals surface area contributed by atoms with Crippen LogP contribution in [0.25, 0.3) is 10.9 Å². The van der Waals surface area contributed by atoms with Crippen LogP contribution in [0.4, 0.5) is 0 Å². The number of primary amides is 1. The topological polar surface area (TPSA) is 65.2 Å². The van der Waals surface area contributed by atoms with Crippen molar-refractivity contribution in [3.63, 3.8) is 0 Å². The molecule has 4 nitrogen and oxygen atoms in total. The summed E-state index contributed by atoms with van der Waals surface area (Å²) in [4.78, 5) is 15.8. The van der Waals surface area contributed by atoms with Crippen LogP contribution in [0, 0.1) is 0 Å². The average Bonchev–Trinajstić information content (AvgIpc) is 2.47. The zero-order chi connectivity index (χ0) is 14.8. The minimum absolute atomic E-state index is 0.160. The molecule has 1 heterocycles. The van der Waals surface area contributed by atoms with Gasteiger partial charge in [-0.15, -0.1) is 0 Å². The van der Waals surface area contributed by atoms with Gasteiger partial charge >= 0.3 is 0 Å². The van der Waals surface area contributed by atoms with Gasteiger partial charge in [0.05, 0.1) is 16.7 Å². The first-order valence-electron chi connectivity index (χ1n) is 6.26. The Kier molecular flexibility index (Phi) is 3.46. The third-order valence-electron chi connectivity index (χ3n) is 3.01. The predicted molar refractivity (Wildman–Crippen MR) is 81.8 cm³/mol. The second-order valence-electron chi connectivity index (χ2n) is 4.44. The smallest absolute Gasteiger partial charge is 0.254 e. The Hall–Kier alpha value is -2.59. The minimum Gasteiger partial charge on any atom is -0.455 e. The van der Waals surface area contributed by atoms with Gasteiger partial charge in [0.2, 0.25) is 0 Å². The fourth-order valence-corrected chi connectivity index (χ4v) is 2.32. The van der Waals surface area contributed by atoms with Gasteiger partial charge in [0, 0.05) is 5.39 Å². The molecule has 0 unspecified atom stereocenters. The molecule has 104 valence electrons. The van der Waals surface area contributed by atoms with Gasteiger partial charge in [-0.05, 0) is 24.3 Å². The molecule has 0 spiro atoms. The number of nitrogens with two attached hydrogens (primary N) is 1. The highest BCUT2D eigenvalue weighted by molar-refractivity contribution is 6.34. The lowest BCUT2D eigenvalue weighted by atomic mass is 10.2. The summed E-state index contributed by atoms with van der Waals surface area (Å²) in [5.74, 6) is 0.190. The van der Waals surface area contributed by atoms with Crippen LogP contribution in [0.3, 0.4) is 0 Å². The van der Waals surface area contributed by atoms with Crippen molar-refractivity contribution in [2.75, 3.05) is 0 Å². The lowest BCUT2D eigenvalue weighted by Crippen LogP contribution is -2.12. The number of amides is 1. The van der Waals surface area contributed by atoms with Gasteiger partial charge in [0.15, 0.2) is 0 Å². The number of para-hydroxylation sites is 1. The molecule has 0 aliphatic carbocycles. The van der Waals surface area contributed by atoms with Gasteiger partial charge in [0.25, 0.3) is 5.91 Å². The zero-order valence-electron chi connectivity index (χ0n) is 10.9. The Morgan fingerprint density at radius 2 is 1.95 bits per heavy atom. The van der Waals surface area contributed by atoms with E-state index in [1.807, 2.05) is 30.3 Å². The standard InChI is InChI=1S/C16H11ClN2O2/c17-12-5-3-7-14(15(12)16(18)20)21-11-8-10-4-1-2-6-13(10)19-9-11/h1-9H,(H2,18,20). The van der Waals surface area contributed by atoms with Crippen LogP contribution >= 0.6 is 11.6 Å². The number of rotatable bonds is 3. The monoisotopic (exact) mass is 298 g/mol. The van der Waals surface area contributed by atoms with E-state index in [4.69, 9.17) is 22.1 Å². The molecule has 21 heavy (non-hydrogen) atoms. The maximum absolute atomic E-state index is 11.5. The van der Waals surface area contributed by atoms with Crippen molar-refractivity contribution >= 4 is 28.4 Å². The molecule has 0 aliphatic heterocycles. The number of hydrogen-bond acceptors (Lipinski definition) is 3. The van der Waals surface area contributed by atoms with Gasteiger partial charge in [-0.25, -0.2) is 0 Å². The summed E-state index contributed by atoms with van der Waals surface area (Å²) in [6, 6.07) is 14.4. The summed E-state index contributed by atoms with van der Waals surface area (Å²) in [5.41, 5.74) is 6.37. The summed E-state index contributed by atoms with van der Waals surface area (Å²) < 4.78 is 5.71. The highest BCUT2D eigenvalue weighted by Crippen LogP contribution is 2.30. The van der Waals surface area contributed by atoms with Gasteiger partial charge in [-0.3, -0.25) is 9.78 Å². The Balaban J connectivity index is 2.02. The van der Waals surface area contributed by atoms with Crippen LogP contribution < -0.4 is 10.5 Å². The van der Waals surface area contributed by atoms with E-state index < -0.39 is 5.91 Å². The van der Waals surface area contributed by atoms with Crippen molar-refractivity contribution in [3.8, 4) is 11.5 Å². The van der Waals surface area contributed by atoms with Crippen molar-refractivity contribution in [1.29, 1.82) is 0 Å². The number of carbonyl (C=O) groups excluding carboxylic acids is 1. The summed E-state index contributed by atoms with van der Waals surface area (Å²) >= 11 is 5.99. The number of fused-ring (bicyclic) bond motifs is 1. The summed E-state index contributed by atoms with van der Waals surface area (Å²) in [6.07, 6.45) is 1.59. The molecule has 1 aromatic heterocycles. The fourth-order valence-electron chi connectivity index (χ4n) is 2.06. The summed E-state index contributed by atoms with van der Waals surface area (Å²) in [7, 11) is 0. The predicted octanol–water partition coefficient (Wildman–Crippen LogP) is 3.78. The SMILES string of the molecule is NC(=O)c1c(Cl)cccc1Oc1cnc2ccccc2c1. The van der Waals surface area contributed by atoms with E-state index in [0.717, 1.165) is 10.9 Å². The van der Waals surface area contributed by atoms with Crippen LogP contribution in [0.2, 0.25) is 5.02 Å². The van der Waals surface area contributed by atoms with Gasteiger partial charge in [-0.1, -0.05) is 35.9 Å². The first kappa shape index (κ1) is 13.4. The maximum atomic E-state index is 11.5. The molecular weight excluding hydrogens is 288 g/mol. The number of ether oxygens (including phenoxy) is 1. The number of benzene rings is 2. The van der Waals surface area contributed by atoms with Gasteiger partial charge in [0.1, 0.15) is 17.1 Å². The number of halogens is 1. The fraction of sp³-hybridized carbons (Fsp3) is 0. The van der Waals surface area contributed by atoms with Crippen molar-refractivity contribution in [2.24, 2.45) is 5.73 Å². The minimum atomic E-state index is -0.635. The molecule has 0 bridgehead atoms. The van der Waals surface area contributed by atoms with E-state index in [1.165, 1.54) is 0 Å². The summed E-state index contributed by atoms with van der Waals surface area (Å²) in [5, 5.41) is 1.20. The first-order valence-corrected chi connectivity index (χ1v) is 6.64. The number of aromatic nitrogens is 1. The van der Waals surface area contributed by atoms with Crippen LogP contribution in [-0.2, 0) is 0 Å². The number of carbonyl (C=O) groups is 1. The van der Waals surface area contributed by atoms with Crippen LogP contribution in [0.15, 0.2) is 54.7 Å². The molecule has 1 amide bonds. The van der Waals surface area contributed by atoms with E-state index in [-0.39, 0.29) is 10.6 Å². The van der Waals surface area contributed by atoms with E-state index in [0.29, 0.717) is 11.5 Å². The van der Waals surface area contributed by atoms with Crippen LogP contribution in [0.1, 0.15) is 10.4 Å². The quantitative estimate of drug-likeness (QED) is 0.800. The lowest BCUT2D eigenvalue weighted by Gasteiger charge is -2.10. The third-order valence-corrected chi connectivity index (χ3v) is 3.33. The molecular formula is C16H11ClN2O2. The molecule has 3 aromatic rings. The molecule has 3 rings (SSSR count). The zero-order valence-corrected chi connectivity index (χ0v) is 11.7. The van der Waals surface area contributed by atoms with Crippen molar-refractivity contribution in [2.45, 2.75) is 0 Å². The number of hydrogen-bond donors (Lipinski definition) is 1. The molecule has 0 atom stereocenters. The second-order valence-corrected chi connectivity index (χ2v) is 4.85. The molecule has 0 aliphatic rings. The van der Waals surface area contributed by atoms with E-state index in [1.54, 1.807) is 24.4 Å².